The first kappa shape index (κ1) is 21.2. The standard InChI is InChI=1S/C25H22O7/c1-29-18-8-3-15(4-9-18)23(27)21-14-31-22-13-17(26)7-12-20(22)24(21)32-19-10-5-16(6-11-19)25(28)30-2/h3-13,21,24,26H,14H2,1-2H3. The molecule has 7 nitrogen and oxygen atoms in total. The summed E-state index contributed by atoms with van der Waals surface area (Å²) < 4.78 is 21.9. The van der Waals surface area contributed by atoms with Crippen molar-refractivity contribution in [2.45, 2.75) is 6.10 Å². The van der Waals surface area contributed by atoms with E-state index >= 15 is 0 Å². The molecule has 2 unspecified atom stereocenters. The summed E-state index contributed by atoms with van der Waals surface area (Å²) in [7, 11) is 2.88. The van der Waals surface area contributed by atoms with Gasteiger partial charge in [-0.3, -0.25) is 4.79 Å². The highest BCUT2D eigenvalue weighted by Gasteiger charge is 2.38. The van der Waals surface area contributed by atoms with Gasteiger partial charge in [0.25, 0.3) is 0 Å². The van der Waals surface area contributed by atoms with E-state index in [1.54, 1.807) is 61.7 Å². The van der Waals surface area contributed by atoms with E-state index in [4.69, 9.17) is 18.9 Å². The number of hydrogen-bond acceptors (Lipinski definition) is 7. The maximum absolute atomic E-state index is 13.3. The highest BCUT2D eigenvalue weighted by molar-refractivity contribution is 5.98. The van der Waals surface area contributed by atoms with Crippen LogP contribution in [0.4, 0.5) is 0 Å². The summed E-state index contributed by atoms with van der Waals surface area (Å²) in [6.07, 6.45) is -0.655. The number of carbonyl (C=O) groups excluding carboxylic acids is 2. The van der Waals surface area contributed by atoms with Crippen LogP contribution in [0.3, 0.4) is 0 Å². The number of esters is 1. The molecule has 0 bridgehead atoms. The van der Waals surface area contributed by atoms with Gasteiger partial charge in [-0.05, 0) is 60.7 Å². The van der Waals surface area contributed by atoms with Crippen LogP contribution in [0.15, 0.2) is 66.7 Å². The second kappa shape index (κ2) is 9.01. The molecule has 3 aromatic carbocycles. The SMILES string of the molecule is COC(=O)c1ccc(OC2c3ccc(O)cc3OCC2C(=O)c2ccc(OC)cc2)cc1. The Kier molecular flexibility index (Phi) is 5.98. The van der Waals surface area contributed by atoms with E-state index in [1.807, 2.05) is 0 Å². The van der Waals surface area contributed by atoms with Gasteiger partial charge in [-0.2, -0.15) is 0 Å². The third-order valence-corrected chi connectivity index (χ3v) is 5.34. The summed E-state index contributed by atoms with van der Waals surface area (Å²) in [5.41, 5.74) is 1.55. The second-order valence-corrected chi connectivity index (χ2v) is 7.29. The van der Waals surface area contributed by atoms with Crippen molar-refractivity contribution in [1.82, 2.24) is 0 Å². The zero-order valence-electron chi connectivity index (χ0n) is 17.6. The molecule has 1 N–H and O–H groups in total. The third kappa shape index (κ3) is 4.23. The lowest BCUT2D eigenvalue weighted by Gasteiger charge is -2.33. The Bertz CT molecular complexity index is 1120. The number of carbonyl (C=O) groups is 2. The van der Waals surface area contributed by atoms with Gasteiger partial charge in [0.15, 0.2) is 5.78 Å². The fraction of sp³-hybridized carbons (Fsp3) is 0.200. The van der Waals surface area contributed by atoms with E-state index in [9.17, 15) is 14.7 Å². The van der Waals surface area contributed by atoms with E-state index in [2.05, 4.69) is 0 Å². The van der Waals surface area contributed by atoms with Crippen molar-refractivity contribution < 1.29 is 33.6 Å². The van der Waals surface area contributed by atoms with Gasteiger partial charge in [0, 0.05) is 17.2 Å². The number of phenolic OH excluding ortho intramolecular Hbond substituents is 1. The summed E-state index contributed by atoms with van der Waals surface area (Å²) in [5, 5.41) is 9.83. The molecule has 1 heterocycles. The summed E-state index contributed by atoms with van der Waals surface area (Å²) in [5.74, 6) is 0.445. The number of methoxy groups -OCH3 is 2. The minimum Gasteiger partial charge on any atom is -0.508 e. The van der Waals surface area contributed by atoms with Crippen LogP contribution in [0.1, 0.15) is 32.4 Å². The van der Waals surface area contributed by atoms with Crippen molar-refractivity contribution >= 4 is 11.8 Å². The lowest BCUT2D eigenvalue weighted by atomic mass is 9.86. The Labute approximate surface area is 185 Å². The van der Waals surface area contributed by atoms with Crippen LogP contribution in [0, 0.1) is 5.92 Å². The molecule has 0 saturated carbocycles. The van der Waals surface area contributed by atoms with Crippen LogP contribution in [0.5, 0.6) is 23.0 Å². The van der Waals surface area contributed by atoms with Crippen LogP contribution in [-0.2, 0) is 4.74 Å². The van der Waals surface area contributed by atoms with Gasteiger partial charge < -0.3 is 24.1 Å². The van der Waals surface area contributed by atoms with Crippen LogP contribution in [0.2, 0.25) is 0 Å². The molecule has 1 aliphatic rings. The van der Waals surface area contributed by atoms with Crippen LogP contribution >= 0.6 is 0 Å². The first-order valence-corrected chi connectivity index (χ1v) is 9.99. The lowest BCUT2D eigenvalue weighted by molar-refractivity contribution is 0.0517. The predicted molar refractivity (Wildman–Crippen MR) is 116 cm³/mol. The molecule has 0 aromatic heterocycles. The maximum atomic E-state index is 13.3. The number of Topliss-reactive ketones (excluding diaryl/α,β-unsaturated/α-hetero) is 1. The minimum absolute atomic E-state index is 0.0601. The molecule has 0 fully saturated rings. The third-order valence-electron chi connectivity index (χ3n) is 5.34. The fourth-order valence-corrected chi connectivity index (χ4v) is 3.63. The number of ketones is 1. The highest BCUT2D eigenvalue weighted by Crippen LogP contribution is 2.41. The number of hydrogen-bond donors (Lipinski definition) is 1. The second-order valence-electron chi connectivity index (χ2n) is 7.29. The molecule has 0 radical (unpaired) electrons. The van der Waals surface area contributed by atoms with Gasteiger partial charge in [0.05, 0.1) is 25.7 Å². The maximum Gasteiger partial charge on any atom is 0.337 e. The van der Waals surface area contributed by atoms with E-state index in [0.717, 1.165) is 0 Å². The fourth-order valence-electron chi connectivity index (χ4n) is 3.63. The van der Waals surface area contributed by atoms with Gasteiger partial charge in [-0.1, -0.05) is 0 Å². The largest absolute Gasteiger partial charge is 0.508 e. The average molecular weight is 434 g/mol. The Hall–Kier alpha value is -4.00. The summed E-state index contributed by atoms with van der Waals surface area (Å²) in [6.45, 7) is 0.0895. The summed E-state index contributed by atoms with van der Waals surface area (Å²) in [4.78, 5) is 25.0. The summed E-state index contributed by atoms with van der Waals surface area (Å²) >= 11 is 0. The van der Waals surface area contributed by atoms with Crippen molar-refractivity contribution in [2.75, 3.05) is 20.8 Å². The van der Waals surface area contributed by atoms with Crippen LogP contribution in [-0.4, -0.2) is 37.7 Å². The van der Waals surface area contributed by atoms with Crippen LogP contribution in [0.25, 0.3) is 0 Å². The molecule has 3 aromatic rings. The lowest BCUT2D eigenvalue weighted by Crippen LogP contribution is -2.35. The Morgan fingerprint density at radius 3 is 2.22 bits per heavy atom. The molecule has 0 aliphatic carbocycles. The van der Waals surface area contributed by atoms with Gasteiger partial charge in [0.1, 0.15) is 35.7 Å². The van der Waals surface area contributed by atoms with Gasteiger partial charge in [0.2, 0.25) is 0 Å². The van der Waals surface area contributed by atoms with Gasteiger partial charge in [-0.15, -0.1) is 0 Å². The zero-order chi connectivity index (χ0) is 22.7. The van der Waals surface area contributed by atoms with Crippen molar-refractivity contribution in [3.05, 3.63) is 83.4 Å². The Balaban J connectivity index is 1.66. The molecule has 0 spiro atoms. The highest BCUT2D eigenvalue weighted by atomic mass is 16.5. The monoisotopic (exact) mass is 434 g/mol. The topological polar surface area (TPSA) is 91.3 Å². The van der Waals surface area contributed by atoms with E-state index in [-0.39, 0.29) is 18.1 Å². The number of ether oxygens (including phenoxy) is 4. The molecule has 0 amide bonds. The predicted octanol–water partition coefficient (Wildman–Crippen LogP) is 4.20. The summed E-state index contributed by atoms with van der Waals surface area (Å²) in [6, 6.07) is 18.1. The number of fused-ring (bicyclic) bond motifs is 1. The molecule has 2 atom stereocenters. The Morgan fingerprint density at radius 2 is 1.56 bits per heavy atom. The van der Waals surface area contributed by atoms with Crippen LogP contribution < -0.4 is 14.2 Å². The van der Waals surface area contributed by atoms with Crippen molar-refractivity contribution in [1.29, 1.82) is 0 Å². The molecule has 4 rings (SSSR count). The number of aromatic hydroxyl groups is 1. The smallest absolute Gasteiger partial charge is 0.337 e. The average Bonchev–Trinajstić information content (AvgIpc) is 2.83. The molecule has 164 valence electrons. The van der Waals surface area contributed by atoms with Crippen molar-refractivity contribution in [3.8, 4) is 23.0 Å². The first-order chi connectivity index (χ1) is 15.5. The van der Waals surface area contributed by atoms with E-state index in [0.29, 0.717) is 33.9 Å². The van der Waals surface area contributed by atoms with Crippen molar-refractivity contribution in [2.24, 2.45) is 5.92 Å². The zero-order valence-corrected chi connectivity index (χ0v) is 17.6. The molecule has 1 aliphatic heterocycles. The molecule has 32 heavy (non-hydrogen) atoms. The molecular weight excluding hydrogens is 412 g/mol. The molecule has 0 saturated heterocycles. The first-order valence-electron chi connectivity index (χ1n) is 9.99. The molecule has 7 heteroatoms. The molecular formula is C25H22O7. The number of benzene rings is 3. The Morgan fingerprint density at radius 1 is 0.906 bits per heavy atom. The van der Waals surface area contributed by atoms with Gasteiger partial charge in [-0.25, -0.2) is 4.79 Å². The van der Waals surface area contributed by atoms with E-state index < -0.39 is 18.0 Å². The van der Waals surface area contributed by atoms with Crippen molar-refractivity contribution in [3.63, 3.8) is 0 Å². The minimum atomic E-state index is -0.655. The normalized spacial score (nSPS) is 16.9. The van der Waals surface area contributed by atoms with Gasteiger partial charge >= 0.3 is 5.97 Å². The quantitative estimate of drug-likeness (QED) is 0.459. The number of phenols is 1. The number of rotatable bonds is 6. The van der Waals surface area contributed by atoms with E-state index in [1.165, 1.54) is 19.2 Å².